The number of hydrogen-bond acceptors (Lipinski definition) is 2. The molecule has 4 unspecified atom stereocenters. The van der Waals surface area contributed by atoms with E-state index >= 15 is 0 Å². The highest BCUT2D eigenvalue weighted by atomic mass is 16.5. The first-order valence-corrected chi connectivity index (χ1v) is 5.95. The summed E-state index contributed by atoms with van der Waals surface area (Å²) in [6.45, 7) is 6.07. The molecule has 0 aliphatic heterocycles. The van der Waals surface area contributed by atoms with Crippen molar-refractivity contribution in [3.8, 4) is 0 Å². The predicted octanol–water partition coefficient (Wildman–Crippen LogP) is 2.93. The Morgan fingerprint density at radius 3 is 2.80 bits per heavy atom. The van der Waals surface area contributed by atoms with Crippen molar-refractivity contribution in [2.45, 2.75) is 46.1 Å². The second kappa shape index (κ2) is 3.66. The van der Waals surface area contributed by atoms with Crippen molar-refractivity contribution < 1.29 is 9.53 Å². The van der Waals surface area contributed by atoms with Crippen LogP contribution < -0.4 is 0 Å². The molecule has 0 N–H and O–H groups in total. The third-order valence-corrected chi connectivity index (χ3v) is 4.03. The zero-order chi connectivity index (χ0) is 11.1. The molecule has 0 aromatic rings. The minimum absolute atomic E-state index is 0.00806. The van der Waals surface area contributed by atoms with Crippen molar-refractivity contribution in [1.82, 2.24) is 0 Å². The fraction of sp³-hybridized carbons (Fsp3) is 0.769. The van der Waals surface area contributed by atoms with Crippen LogP contribution in [0.15, 0.2) is 12.2 Å². The molecule has 2 aliphatic carbocycles. The van der Waals surface area contributed by atoms with Crippen molar-refractivity contribution in [2.24, 2.45) is 17.3 Å². The van der Waals surface area contributed by atoms with Crippen molar-refractivity contribution >= 4 is 5.97 Å². The summed E-state index contributed by atoms with van der Waals surface area (Å²) in [5.74, 6) is 1.04. The number of carbonyl (C=O) groups is 1. The maximum Gasteiger partial charge on any atom is 0.312 e. The summed E-state index contributed by atoms with van der Waals surface area (Å²) in [7, 11) is 0. The minimum Gasteiger partial charge on any atom is -0.462 e. The molecule has 0 radical (unpaired) electrons. The molecule has 0 amide bonds. The van der Waals surface area contributed by atoms with Crippen LogP contribution in [0.3, 0.4) is 0 Å². The zero-order valence-electron chi connectivity index (χ0n) is 9.82. The zero-order valence-corrected chi connectivity index (χ0v) is 9.82. The molecule has 1 saturated carbocycles. The van der Waals surface area contributed by atoms with Crippen LogP contribution >= 0.6 is 0 Å². The molecule has 1 fully saturated rings. The Morgan fingerprint density at radius 1 is 1.60 bits per heavy atom. The van der Waals surface area contributed by atoms with Crippen molar-refractivity contribution in [1.29, 1.82) is 0 Å². The van der Waals surface area contributed by atoms with E-state index in [4.69, 9.17) is 4.74 Å². The number of allylic oxidation sites excluding steroid dienone is 2. The lowest BCUT2D eigenvalue weighted by atomic mass is 9.78. The van der Waals surface area contributed by atoms with Gasteiger partial charge in [-0.05, 0) is 44.9 Å². The largest absolute Gasteiger partial charge is 0.462 e. The number of carbonyl (C=O) groups excluding carboxylic acids is 1. The number of fused-ring (bicyclic) bond motifs is 2. The predicted molar refractivity (Wildman–Crippen MR) is 59.3 cm³/mol. The second-order valence-electron chi connectivity index (χ2n) is 5.23. The monoisotopic (exact) mass is 208 g/mol. The van der Waals surface area contributed by atoms with Gasteiger partial charge in [-0.1, -0.05) is 19.1 Å². The van der Waals surface area contributed by atoms with Gasteiger partial charge < -0.3 is 4.74 Å². The van der Waals surface area contributed by atoms with Gasteiger partial charge in [-0.15, -0.1) is 0 Å². The highest BCUT2D eigenvalue weighted by Crippen LogP contribution is 2.52. The van der Waals surface area contributed by atoms with Crippen LogP contribution in [-0.4, -0.2) is 12.1 Å². The van der Waals surface area contributed by atoms with Crippen molar-refractivity contribution in [3.05, 3.63) is 12.2 Å². The van der Waals surface area contributed by atoms with Crippen molar-refractivity contribution in [2.75, 3.05) is 0 Å². The van der Waals surface area contributed by atoms with Gasteiger partial charge >= 0.3 is 5.97 Å². The van der Waals surface area contributed by atoms with Gasteiger partial charge in [0.05, 0.1) is 11.5 Å². The number of hydrogen-bond donors (Lipinski definition) is 0. The molecule has 2 bridgehead atoms. The van der Waals surface area contributed by atoms with E-state index in [2.05, 4.69) is 19.1 Å². The summed E-state index contributed by atoms with van der Waals surface area (Å²) in [6, 6.07) is 0. The van der Waals surface area contributed by atoms with E-state index in [1.165, 1.54) is 0 Å². The lowest BCUT2D eigenvalue weighted by Crippen LogP contribution is -2.35. The first-order chi connectivity index (χ1) is 7.06. The summed E-state index contributed by atoms with van der Waals surface area (Å²) < 4.78 is 5.47. The SMILES string of the molecule is CCC(C)OC(=O)C1(C)CC2C=CC1C2. The third-order valence-electron chi connectivity index (χ3n) is 4.03. The molecular formula is C13H20O2. The normalized spacial score (nSPS) is 39.4. The molecule has 2 aliphatic rings. The highest BCUT2D eigenvalue weighted by Gasteiger charge is 2.51. The molecule has 0 aromatic carbocycles. The first-order valence-electron chi connectivity index (χ1n) is 5.95. The number of ether oxygens (including phenoxy) is 1. The summed E-state index contributed by atoms with van der Waals surface area (Å²) in [5, 5.41) is 0. The van der Waals surface area contributed by atoms with Crippen LogP contribution in [0, 0.1) is 17.3 Å². The Balaban J connectivity index is 2.04. The molecule has 0 saturated heterocycles. The van der Waals surface area contributed by atoms with Crippen LogP contribution in [0.1, 0.15) is 40.0 Å². The Kier molecular flexibility index (Phi) is 2.61. The van der Waals surface area contributed by atoms with E-state index in [1.54, 1.807) is 0 Å². The van der Waals surface area contributed by atoms with Crippen LogP contribution in [-0.2, 0) is 9.53 Å². The maximum absolute atomic E-state index is 12.1. The summed E-state index contributed by atoms with van der Waals surface area (Å²) >= 11 is 0. The van der Waals surface area contributed by atoms with Gasteiger partial charge in [0.1, 0.15) is 0 Å². The Bertz CT molecular complexity index is 295. The first kappa shape index (κ1) is 10.7. The van der Waals surface area contributed by atoms with E-state index in [0.717, 1.165) is 19.3 Å². The summed E-state index contributed by atoms with van der Waals surface area (Å²) in [4.78, 5) is 12.1. The molecule has 0 spiro atoms. The van der Waals surface area contributed by atoms with E-state index in [-0.39, 0.29) is 17.5 Å². The Hall–Kier alpha value is -0.790. The Labute approximate surface area is 91.7 Å². The van der Waals surface area contributed by atoms with E-state index in [9.17, 15) is 4.79 Å². The highest BCUT2D eigenvalue weighted by molar-refractivity contribution is 5.78. The average Bonchev–Trinajstić information content (AvgIpc) is 2.77. The topological polar surface area (TPSA) is 26.3 Å². The third kappa shape index (κ3) is 1.70. The maximum atomic E-state index is 12.1. The van der Waals surface area contributed by atoms with Gasteiger partial charge in [-0.2, -0.15) is 0 Å². The molecule has 2 heteroatoms. The number of rotatable bonds is 3. The van der Waals surface area contributed by atoms with Gasteiger partial charge in [0.2, 0.25) is 0 Å². The van der Waals surface area contributed by atoms with Crippen LogP contribution in [0.25, 0.3) is 0 Å². The van der Waals surface area contributed by atoms with Crippen LogP contribution in [0.5, 0.6) is 0 Å². The average molecular weight is 208 g/mol. The molecule has 0 aromatic heterocycles. The molecule has 15 heavy (non-hydrogen) atoms. The van der Waals surface area contributed by atoms with E-state index in [0.29, 0.717) is 11.8 Å². The summed E-state index contributed by atoms with van der Waals surface area (Å²) in [5.41, 5.74) is -0.247. The molecule has 2 rings (SSSR count). The van der Waals surface area contributed by atoms with Gasteiger partial charge in [0, 0.05) is 0 Å². The smallest absolute Gasteiger partial charge is 0.312 e. The van der Waals surface area contributed by atoms with Gasteiger partial charge in [0.15, 0.2) is 0 Å². The summed E-state index contributed by atoms with van der Waals surface area (Å²) in [6.07, 6.45) is 7.52. The van der Waals surface area contributed by atoms with E-state index in [1.807, 2.05) is 13.8 Å². The van der Waals surface area contributed by atoms with Crippen molar-refractivity contribution in [3.63, 3.8) is 0 Å². The fourth-order valence-corrected chi connectivity index (χ4v) is 2.73. The lowest BCUT2D eigenvalue weighted by molar-refractivity contribution is -0.161. The van der Waals surface area contributed by atoms with Gasteiger partial charge in [-0.3, -0.25) is 4.79 Å². The second-order valence-corrected chi connectivity index (χ2v) is 5.23. The number of esters is 1. The van der Waals surface area contributed by atoms with Gasteiger partial charge in [-0.25, -0.2) is 0 Å². The van der Waals surface area contributed by atoms with Gasteiger partial charge in [0.25, 0.3) is 0 Å². The molecule has 84 valence electrons. The molecule has 4 atom stereocenters. The minimum atomic E-state index is -0.247. The Morgan fingerprint density at radius 2 is 2.33 bits per heavy atom. The standard InChI is InChI=1S/C13H20O2/c1-4-9(2)15-12(14)13(3)8-10-5-6-11(13)7-10/h5-6,9-11H,4,7-8H2,1-3H3. The quantitative estimate of drug-likeness (QED) is 0.526. The molecule has 0 heterocycles. The lowest BCUT2D eigenvalue weighted by Gasteiger charge is -2.30. The molecular weight excluding hydrogens is 188 g/mol. The van der Waals surface area contributed by atoms with Crippen LogP contribution in [0.2, 0.25) is 0 Å². The fourth-order valence-electron chi connectivity index (χ4n) is 2.73. The van der Waals surface area contributed by atoms with E-state index < -0.39 is 0 Å². The molecule has 2 nitrogen and oxygen atoms in total. The van der Waals surface area contributed by atoms with Crippen LogP contribution in [0.4, 0.5) is 0 Å².